The van der Waals surface area contributed by atoms with Gasteiger partial charge in [-0.2, -0.15) is 14.3 Å². The Morgan fingerprint density at radius 1 is 0.873 bits per heavy atom. The van der Waals surface area contributed by atoms with Gasteiger partial charge in [-0.25, -0.2) is 23.4 Å². The van der Waals surface area contributed by atoms with Gasteiger partial charge in [0.15, 0.2) is 11.6 Å². The van der Waals surface area contributed by atoms with E-state index < -0.39 is 39.7 Å². The van der Waals surface area contributed by atoms with Crippen LogP contribution in [0.3, 0.4) is 0 Å². The SMILES string of the molecule is CC(C)n1nc(N2CCC(CN[C@H]3CCCN(c4ccc5c(c4)C(=O)N(C4CCC(=O)NC4=O)C5=O)C3)CC2)c2cnc(Nc3ccnc(-c4cnn(S(=O)(=O)C5CC5)c4)n3)cc21. The fourth-order valence-corrected chi connectivity index (χ4v) is 10.7. The Labute approximate surface area is 363 Å². The number of anilines is 4. The van der Waals surface area contributed by atoms with Crippen LogP contribution in [0.15, 0.2) is 55.1 Å². The molecule has 2 atom stereocenters. The molecule has 4 aliphatic heterocycles. The predicted octanol–water partition coefficient (Wildman–Crippen LogP) is 3.63. The third kappa shape index (κ3) is 7.78. The number of hydrogen-bond donors (Lipinski definition) is 3. The van der Waals surface area contributed by atoms with Crippen molar-refractivity contribution in [1.29, 1.82) is 0 Å². The lowest BCUT2D eigenvalue weighted by atomic mass is 9.95. The quantitative estimate of drug-likeness (QED) is 0.152. The molecule has 0 bridgehead atoms. The number of amides is 4. The van der Waals surface area contributed by atoms with E-state index in [4.69, 9.17) is 10.1 Å². The standard InChI is InChI=1S/C43H49N13O6S/c1-25(2)56-35-19-37(48-36-11-14-44-39(49-36)27-21-47-54(23-27)63(61,62)30-6-7-30)46-22-33(35)40(51-56)52-16-12-26(13-17-52)20-45-28-4-3-15-53(24-28)29-5-8-31-32(18-29)43(60)55(42(31)59)34-9-10-38(57)50-41(34)58/h5,8,11,14,18-19,21-23,25-26,28,30,34,45H,3-4,6-7,9-10,12-13,15-17,20,24H2,1-2H3,(H,50,57,58)(H,44,46,48,49)/t28-,34?/m0/s1. The number of benzene rings is 1. The summed E-state index contributed by atoms with van der Waals surface area (Å²) in [6, 6.07) is 8.45. The smallest absolute Gasteiger partial charge is 0.262 e. The summed E-state index contributed by atoms with van der Waals surface area (Å²) in [5.74, 6) is 0.874. The zero-order valence-electron chi connectivity index (χ0n) is 35.1. The molecule has 1 saturated carbocycles. The molecule has 19 nitrogen and oxygen atoms in total. The first-order chi connectivity index (χ1) is 30.4. The highest BCUT2D eigenvalue weighted by Crippen LogP contribution is 2.35. The second-order valence-electron chi connectivity index (χ2n) is 17.5. The number of carbonyl (C=O) groups excluding carboxylic acids is 4. The minimum Gasteiger partial charge on any atom is -0.370 e. The molecule has 3 saturated heterocycles. The van der Waals surface area contributed by atoms with E-state index in [-0.39, 0.29) is 35.7 Å². The first-order valence-corrected chi connectivity index (χ1v) is 23.3. The van der Waals surface area contributed by atoms with Crippen LogP contribution in [0.2, 0.25) is 0 Å². The Balaban J connectivity index is 0.752. The number of pyridine rings is 1. The number of imide groups is 2. The van der Waals surface area contributed by atoms with Crippen LogP contribution in [0, 0.1) is 5.92 Å². The lowest BCUT2D eigenvalue weighted by Crippen LogP contribution is -2.54. The van der Waals surface area contributed by atoms with Crippen LogP contribution in [0.4, 0.5) is 23.1 Å². The number of hydrogen-bond acceptors (Lipinski definition) is 15. The molecule has 1 aromatic carbocycles. The third-order valence-electron chi connectivity index (χ3n) is 12.8. The van der Waals surface area contributed by atoms with Crippen molar-refractivity contribution in [2.75, 3.05) is 47.8 Å². The second kappa shape index (κ2) is 16.1. The Morgan fingerprint density at radius 2 is 1.68 bits per heavy atom. The van der Waals surface area contributed by atoms with Gasteiger partial charge in [-0.05, 0) is 95.5 Å². The molecular weight excluding hydrogens is 827 g/mol. The van der Waals surface area contributed by atoms with Gasteiger partial charge in [-0.3, -0.25) is 34.1 Å². The first-order valence-electron chi connectivity index (χ1n) is 21.8. The molecule has 4 aromatic heterocycles. The molecule has 20 heteroatoms. The van der Waals surface area contributed by atoms with Gasteiger partial charge in [0.05, 0.1) is 45.2 Å². The molecular formula is C43H49N13O6S. The summed E-state index contributed by atoms with van der Waals surface area (Å²) in [5, 5.41) is 19.2. The van der Waals surface area contributed by atoms with Gasteiger partial charge in [0.1, 0.15) is 17.7 Å². The van der Waals surface area contributed by atoms with Crippen molar-refractivity contribution in [2.24, 2.45) is 5.92 Å². The Morgan fingerprint density at radius 3 is 2.46 bits per heavy atom. The average molecular weight is 876 g/mol. The molecule has 1 unspecified atom stereocenters. The number of nitrogens with one attached hydrogen (secondary N) is 3. The van der Waals surface area contributed by atoms with E-state index in [1.54, 1.807) is 24.4 Å². The highest BCUT2D eigenvalue weighted by atomic mass is 32.2. The van der Waals surface area contributed by atoms with Gasteiger partial charge in [-0.15, -0.1) is 0 Å². The fraction of sp³-hybridized carbons (Fsp3) is 0.465. The van der Waals surface area contributed by atoms with Crippen LogP contribution < -0.4 is 25.8 Å². The highest BCUT2D eigenvalue weighted by Gasteiger charge is 2.45. The molecule has 1 aliphatic carbocycles. The molecule has 8 heterocycles. The monoisotopic (exact) mass is 875 g/mol. The number of fused-ring (bicyclic) bond motifs is 2. The number of aromatic nitrogens is 7. The van der Waals surface area contributed by atoms with Gasteiger partial charge in [0.2, 0.25) is 11.8 Å². The predicted molar refractivity (Wildman–Crippen MR) is 233 cm³/mol. The lowest BCUT2D eigenvalue weighted by molar-refractivity contribution is -0.136. The summed E-state index contributed by atoms with van der Waals surface area (Å²) in [6.45, 7) is 8.46. The Bertz CT molecular complexity index is 2760. The van der Waals surface area contributed by atoms with Crippen LogP contribution in [-0.2, 0) is 19.6 Å². The van der Waals surface area contributed by atoms with Crippen molar-refractivity contribution in [3.05, 3.63) is 66.2 Å². The van der Waals surface area contributed by atoms with Crippen LogP contribution in [-0.4, -0.2) is 121 Å². The van der Waals surface area contributed by atoms with E-state index >= 15 is 0 Å². The number of carbonyl (C=O) groups is 4. The van der Waals surface area contributed by atoms with Gasteiger partial charge in [-0.1, -0.05) is 0 Å². The molecule has 5 aliphatic rings. The number of rotatable bonds is 12. The summed E-state index contributed by atoms with van der Waals surface area (Å²) in [6.07, 6.45) is 12.0. The van der Waals surface area contributed by atoms with Crippen LogP contribution in [0.25, 0.3) is 22.3 Å². The first kappa shape index (κ1) is 40.8. The van der Waals surface area contributed by atoms with Crippen LogP contribution in [0.1, 0.15) is 92.0 Å². The zero-order valence-corrected chi connectivity index (χ0v) is 35.9. The van der Waals surface area contributed by atoms with Crippen molar-refractivity contribution in [1.82, 2.24) is 49.5 Å². The van der Waals surface area contributed by atoms with E-state index in [0.29, 0.717) is 47.3 Å². The lowest BCUT2D eigenvalue weighted by Gasteiger charge is -2.37. The van der Waals surface area contributed by atoms with Crippen LogP contribution in [0.5, 0.6) is 0 Å². The maximum Gasteiger partial charge on any atom is 0.262 e. The van der Waals surface area contributed by atoms with Crippen molar-refractivity contribution in [3.8, 4) is 11.4 Å². The van der Waals surface area contributed by atoms with E-state index in [1.807, 2.05) is 23.0 Å². The average Bonchev–Trinajstić information content (AvgIpc) is 3.83. The fourth-order valence-electron chi connectivity index (χ4n) is 9.20. The molecule has 4 fully saturated rings. The minimum absolute atomic E-state index is 0.0838. The minimum atomic E-state index is -3.50. The molecule has 10 rings (SSSR count). The van der Waals surface area contributed by atoms with E-state index in [1.165, 1.54) is 12.4 Å². The van der Waals surface area contributed by atoms with E-state index in [2.05, 4.69) is 54.7 Å². The maximum absolute atomic E-state index is 13.5. The van der Waals surface area contributed by atoms with Gasteiger partial charge in [0, 0.05) is 68.8 Å². The Kier molecular flexibility index (Phi) is 10.4. The van der Waals surface area contributed by atoms with Crippen molar-refractivity contribution >= 4 is 67.7 Å². The Hall–Kier alpha value is -6.28. The van der Waals surface area contributed by atoms with Gasteiger partial charge < -0.3 is 20.4 Å². The summed E-state index contributed by atoms with van der Waals surface area (Å²) >= 11 is 0. The molecule has 0 spiro atoms. The number of piperidine rings is 3. The zero-order chi connectivity index (χ0) is 43.6. The third-order valence-corrected chi connectivity index (χ3v) is 14.9. The molecule has 63 heavy (non-hydrogen) atoms. The maximum atomic E-state index is 13.5. The van der Waals surface area contributed by atoms with Crippen molar-refractivity contribution in [2.45, 2.75) is 88.6 Å². The molecule has 4 amide bonds. The van der Waals surface area contributed by atoms with Crippen LogP contribution >= 0.6 is 0 Å². The summed E-state index contributed by atoms with van der Waals surface area (Å²) in [4.78, 5) is 70.2. The van der Waals surface area contributed by atoms with Crippen molar-refractivity contribution < 1.29 is 27.6 Å². The summed E-state index contributed by atoms with van der Waals surface area (Å²) < 4.78 is 28.4. The summed E-state index contributed by atoms with van der Waals surface area (Å²) in [7, 11) is -3.50. The topological polar surface area (TPSA) is 223 Å². The molecule has 3 N–H and O–H groups in total. The highest BCUT2D eigenvalue weighted by molar-refractivity contribution is 7.90. The van der Waals surface area contributed by atoms with E-state index in [9.17, 15) is 27.6 Å². The number of nitrogens with zero attached hydrogens (tertiary/aromatic N) is 10. The van der Waals surface area contributed by atoms with E-state index in [0.717, 1.165) is 89.8 Å². The normalized spacial score (nSPS) is 21.2. The molecule has 0 radical (unpaired) electrons. The second-order valence-corrected chi connectivity index (χ2v) is 19.6. The molecule has 5 aromatic rings. The van der Waals surface area contributed by atoms with Gasteiger partial charge >= 0.3 is 0 Å². The molecule has 328 valence electrons. The van der Waals surface area contributed by atoms with Crippen molar-refractivity contribution in [3.63, 3.8) is 0 Å². The van der Waals surface area contributed by atoms with Gasteiger partial charge in [0.25, 0.3) is 21.8 Å². The summed E-state index contributed by atoms with van der Waals surface area (Å²) in [5.41, 5.74) is 2.91. The largest absolute Gasteiger partial charge is 0.370 e.